The van der Waals surface area contributed by atoms with Gasteiger partial charge in [-0.3, -0.25) is 4.79 Å². The van der Waals surface area contributed by atoms with Gasteiger partial charge in [0.25, 0.3) is 0 Å². The van der Waals surface area contributed by atoms with Crippen LogP contribution in [0.2, 0.25) is 0 Å². The van der Waals surface area contributed by atoms with Gasteiger partial charge in [0.1, 0.15) is 0 Å². The van der Waals surface area contributed by atoms with E-state index in [1.54, 1.807) is 7.05 Å². The Balaban J connectivity index is 2.62. The summed E-state index contributed by atoms with van der Waals surface area (Å²) >= 11 is 0. The molecule has 15 heavy (non-hydrogen) atoms. The predicted octanol–water partition coefficient (Wildman–Crippen LogP) is 1.25. The molecule has 1 aromatic carbocycles. The molecule has 0 saturated carbocycles. The molecular formula is C12H18N2O. The highest BCUT2D eigenvalue weighted by atomic mass is 16.1. The van der Waals surface area contributed by atoms with E-state index >= 15 is 0 Å². The smallest absolute Gasteiger partial charge is 0.234 e. The number of hydrogen-bond acceptors (Lipinski definition) is 2. The minimum absolute atomic E-state index is 0.250. The molecule has 3 heteroatoms. The van der Waals surface area contributed by atoms with Crippen LogP contribution in [0.4, 0.5) is 0 Å². The number of carbonyl (C=O) groups excluding carboxylic acids is 1. The van der Waals surface area contributed by atoms with E-state index in [-0.39, 0.29) is 11.9 Å². The van der Waals surface area contributed by atoms with Gasteiger partial charge in [0, 0.05) is 0 Å². The Morgan fingerprint density at radius 2 is 2.00 bits per heavy atom. The quantitative estimate of drug-likeness (QED) is 0.762. The Bertz CT molecular complexity index is 311. The molecule has 0 aromatic heterocycles. The average Bonchev–Trinajstić information content (AvgIpc) is 2.26. The van der Waals surface area contributed by atoms with Crippen molar-refractivity contribution in [2.75, 3.05) is 7.05 Å². The highest BCUT2D eigenvalue weighted by Gasteiger charge is 2.17. The maximum atomic E-state index is 11.1. The summed E-state index contributed by atoms with van der Waals surface area (Å²) in [6.07, 6.45) is 0.732. The van der Waals surface area contributed by atoms with E-state index in [4.69, 9.17) is 5.73 Å². The summed E-state index contributed by atoms with van der Waals surface area (Å²) in [4.78, 5) is 11.1. The maximum absolute atomic E-state index is 11.1. The first-order valence-corrected chi connectivity index (χ1v) is 5.16. The molecule has 0 saturated heterocycles. The third kappa shape index (κ3) is 3.36. The van der Waals surface area contributed by atoms with Crippen LogP contribution in [0.15, 0.2) is 30.3 Å². The van der Waals surface area contributed by atoms with E-state index in [0.29, 0.717) is 5.92 Å². The molecule has 2 unspecified atom stereocenters. The lowest BCUT2D eigenvalue weighted by atomic mass is 9.94. The van der Waals surface area contributed by atoms with Crippen molar-refractivity contribution in [3.05, 3.63) is 35.9 Å². The first-order chi connectivity index (χ1) is 7.15. The van der Waals surface area contributed by atoms with Gasteiger partial charge in [-0.25, -0.2) is 0 Å². The summed E-state index contributed by atoms with van der Waals surface area (Å²) in [6, 6.07) is 9.88. The van der Waals surface area contributed by atoms with Gasteiger partial charge in [-0.1, -0.05) is 37.3 Å². The average molecular weight is 206 g/mol. The zero-order valence-corrected chi connectivity index (χ0v) is 9.23. The number of nitrogens with two attached hydrogens (primary N) is 1. The normalized spacial score (nSPS) is 14.5. The van der Waals surface area contributed by atoms with Crippen molar-refractivity contribution in [1.82, 2.24) is 5.32 Å². The largest absolute Gasteiger partial charge is 0.368 e. The number of likely N-dealkylation sites (N-methyl/N-ethyl adjacent to an activating group) is 1. The Morgan fingerprint density at radius 1 is 1.40 bits per heavy atom. The fraction of sp³-hybridized carbons (Fsp3) is 0.417. The summed E-state index contributed by atoms with van der Waals surface area (Å²) in [5, 5.41) is 2.93. The lowest BCUT2D eigenvalue weighted by molar-refractivity contribution is -0.120. The minimum atomic E-state index is -0.291. The molecule has 3 N–H and O–H groups in total. The molecule has 1 aromatic rings. The van der Waals surface area contributed by atoms with Crippen LogP contribution in [0.3, 0.4) is 0 Å². The summed E-state index contributed by atoms with van der Waals surface area (Å²) < 4.78 is 0. The fourth-order valence-electron chi connectivity index (χ4n) is 1.65. The summed E-state index contributed by atoms with van der Waals surface area (Å²) in [5.41, 5.74) is 6.51. The molecule has 3 nitrogen and oxygen atoms in total. The number of primary amides is 1. The van der Waals surface area contributed by atoms with Crippen molar-refractivity contribution >= 4 is 5.91 Å². The van der Waals surface area contributed by atoms with Crippen molar-refractivity contribution in [3.8, 4) is 0 Å². The first-order valence-electron chi connectivity index (χ1n) is 5.16. The molecule has 0 aliphatic carbocycles. The molecule has 82 valence electrons. The first kappa shape index (κ1) is 11.7. The number of hydrogen-bond donors (Lipinski definition) is 2. The van der Waals surface area contributed by atoms with Crippen LogP contribution in [-0.4, -0.2) is 19.0 Å². The van der Waals surface area contributed by atoms with E-state index in [0.717, 1.165) is 6.42 Å². The SMILES string of the molecule is CNC(CC(C)c1ccccc1)C(N)=O. The number of nitrogens with one attached hydrogen (secondary N) is 1. The molecule has 1 amide bonds. The van der Waals surface area contributed by atoms with Crippen molar-refractivity contribution in [2.45, 2.75) is 25.3 Å². The van der Waals surface area contributed by atoms with Gasteiger partial charge in [-0.15, -0.1) is 0 Å². The molecule has 0 heterocycles. The topological polar surface area (TPSA) is 55.1 Å². The Hall–Kier alpha value is -1.35. The highest BCUT2D eigenvalue weighted by Crippen LogP contribution is 2.19. The van der Waals surface area contributed by atoms with Crippen LogP contribution >= 0.6 is 0 Å². The standard InChI is InChI=1S/C12H18N2O/c1-9(8-11(14-2)12(13)15)10-6-4-3-5-7-10/h3-7,9,11,14H,8H2,1-2H3,(H2,13,15). The number of carbonyl (C=O) groups is 1. The van der Waals surface area contributed by atoms with Crippen molar-refractivity contribution in [3.63, 3.8) is 0 Å². The Labute approximate surface area is 90.7 Å². The zero-order chi connectivity index (χ0) is 11.3. The zero-order valence-electron chi connectivity index (χ0n) is 9.23. The van der Waals surface area contributed by atoms with Gasteiger partial charge in [-0.2, -0.15) is 0 Å². The monoisotopic (exact) mass is 206 g/mol. The minimum Gasteiger partial charge on any atom is -0.368 e. The van der Waals surface area contributed by atoms with Crippen molar-refractivity contribution < 1.29 is 4.79 Å². The van der Waals surface area contributed by atoms with E-state index in [9.17, 15) is 4.79 Å². The number of rotatable bonds is 5. The predicted molar refractivity (Wildman–Crippen MR) is 61.5 cm³/mol. The summed E-state index contributed by atoms with van der Waals surface area (Å²) in [6.45, 7) is 2.10. The second-order valence-corrected chi connectivity index (χ2v) is 3.79. The molecule has 0 aliphatic rings. The van der Waals surface area contributed by atoms with Gasteiger partial charge in [0.2, 0.25) is 5.91 Å². The molecule has 0 fully saturated rings. The molecular weight excluding hydrogens is 188 g/mol. The van der Waals surface area contributed by atoms with E-state index in [1.165, 1.54) is 5.56 Å². The van der Waals surface area contributed by atoms with Gasteiger partial charge in [0.15, 0.2) is 0 Å². The third-order valence-electron chi connectivity index (χ3n) is 2.65. The van der Waals surface area contributed by atoms with Crippen LogP contribution in [0.1, 0.15) is 24.8 Å². The van der Waals surface area contributed by atoms with Crippen LogP contribution < -0.4 is 11.1 Å². The van der Waals surface area contributed by atoms with Crippen molar-refractivity contribution in [2.24, 2.45) is 5.73 Å². The summed E-state index contributed by atoms with van der Waals surface area (Å²) in [7, 11) is 1.76. The molecule has 0 radical (unpaired) electrons. The molecule has 0 spiro atoms. The number of benzene rings is 1. The highest BCUT2D eigenvalue weighted by molar-refractivity contribution is 5.79. The van der Waals surface area contributed by atoms with Crippen LogP contribution in [0.5, 0.6) is 0 Å². The van der Waals surface area contributed by atoms with E-state index < -0.39 is 0 Å². The molecule has 0 aliphatic heterocycles. The lowest BCUT2D eigenvalue weighted by Gasteiger charge is -2.17. The van der Waals surface area contributed by atoms with Crippen LogP contribution in [0, 0.1) is 0 Å². The Kier molecular flexibility index (Phi) is 4.31. The van der Waals surface area contributed by atoms with Crippen LogP contribution in [0.25, 0.3) is 0 Å². The van der Waals surface area contributed by atoms with E-state index in [1.807, 2.05) is 18.2 Å². The molecule has 1 rings (SSSR count). The molecule has 2 atom stereocenters. The maximum Gasteiger partial charge on any atom is 0.234 e. The van der Waals surface area contributed by atoms with Crippen molar-refractivity contribution in [1.29, 1.82) is 0 Å². The number of amides is 1. The third-order valence-corrected chi connectivity index (χ3v) is 2.65. The van der Waals surface area contributed by atoms with Gasteiger partial charge < -0.3 is 11.1 Å². The molecule has 0 bridgehead atoms. The Morgan fingerprint density at radius 3 is 2.47 bits per heavy atom. The van der Waals surface area contributed by atoms with Gasteiger partial charge >= 0.3 is 0 Å². The second kappa shape index (κ2) is 5.51. The second-order valence-electron chi connectivity index (χ2n) is 3.79. The van der Waals surface area contributed by atoms with Gasteiger partial charge in [0.05, 0.1) is 6.04 Å². The lowest BCUT2D eigenvalue weighted by Crippen LogP contribution is -2.39. The fourth-order valence-corrected chi connectivity index (χ4v) is 1.65. The van der Waals surface area contributed by atoms with Gasteiger partial charge in [-0.05, 0) is 24.9 Å². The van der Waals surface area contributed by atoms with Crippen LogP contribution in [-0.2, 0) is 4.79 Å². The van der Waals surface area contributed by atoms with E-state index in [2.05, 4.69) is 24.4 Å². The summed E-state index contributed by atoms with van der Waals surface area (Å²) in [5.74, 6) is 0.0384.